The molecule has 0 bridgehead atoms. The fourth-order valence-corrected chi connectivity index (χ4v) is 5.44. The molecule has 0 unspecified atom stereocenters. The molecule has 1 aromatic heterocycles. The summed E-state index contributed by atoms with van der Waals surface area (Å²) in [6.45, 7) is 13.6. The number of likely N-dealkylation sites (N-methyl/N-ethyl adjacent to an activating group) is 1. The zero-order valence-electron chi connectivity index (χ0n) is 22.5. The lowest BCUT2D eigenvalue weighted by molar-refractivity contribution is 0.166. The maximum absolute atomic E-state index is 14.2. The second-order valence-corrected chi connectivity index (χ2v) is 10.4. The summed E-state index contributed by atoms with van der Waals surface area (Å²) in [6.07, 6.45) is 6.62. The van der Waals surface area contributed by atoms with Gasteiger partial charge in [-0.1, -0.05) is 39.2 Å². The molecule has 0 spiro atoms. The van der Waals surface area contributed by atoms with Crippen molar-refractivity contribution in [3.63, 3.8) is 0 Å². The minimum absolute atomic E-state index is 0.0101. The Balaban J connectivity index is 1.68. The SMILES string of the molecule is CC[C@H](C)N(Cc1c(C)nn(-c2cccc(F)c2)c1N1CCN(CC)CC1)C(=O)NC1CCCCC1. The molecule has 36 heavy (non-hydrogen) atoms. The van der Waals surface area contributed by atoms with Crippen LogP contribution in [-0.2, 0) is 6.54 Å². The largest absolute Gasteiger partial charge is 0.354 e. The molecular weight excluding hydrogens is 455 g/mol. The van der Waals surface area contributed by atoms with Crippen LogP contribution in [0.15, 0.2) is 24.3 Å². The van der Waals surface area contributed by atoms with Gasteiger partial charge >= 0.3 is 6.03 Å². The first-order valence-electron chi connectivity index (χ1n) is 13.8. The highest BCUT2D eigenvalue weighted by molar-refractivity contribution is 5.75. The van der Waals surface area contributed by atoms with Gasteiger partial charge in [0.2, 0.25) is 0 Å². The minimum Gasteiger partial charge on any atom is -0.354 e. The number of amides is 2. The molecule has 2 aromatic rings. The van der Waals surface area contributed by atoms with Gasteiger partial charge in [-0.2, -0.15) is 5.10 Å². The van der Waals surface area contributed by atoms with E-state index in [1.807, 2.05) is 22.6 Å². The first kappa shape index (κ1) is 26.5. The van der Waals surface area contributed by atoms with E-state index in [1.54, 1.807) is 6.07 Å². The monoisotopic (exact) mass is 498 g/mol. The van der Waals surface area contributed by atoms with Gasteiger partial charge in [0.25, 0.3) is 0 Å². The van der Waals surface area contributed by atoms with Gasteiger partial charge in [-0.15, -0.1) is 0 Å². The van der Waals surface area contributed by atoms with Crippen LogP contribution in [0.3, 0.4) is 0 Å². The number of anilines is 1. The molecule has 1 aliphatic heterocycles. The van der Waals surface area contributed by atoms with Crippen LogP contribution in [0.4, 0.5) is 15.0 Å². The van der Waals surface area contributed by atoms with Crippen LogP contribution < -0.4 is 10.2 Å². The highest BCUT2D eigenvalue weighted by atomic mass is 19.1. The number of rotatable bonds is 8. The third-order valence-electron chi connectivity index (χ3n) is 7.97. The molecule has 7 nitrogen and oxygen atoms in total. The Kier molecular flexibility index (Phi) is 8.88. The summed E-state index contributed by atoms with van der Waals surface area (Å²) < 4.78 is 16.1. The molecule has 1 saturated heterocycles. The molecule has 1 saturated carbocycles. The fraction of sp³-hybridized carbons (Fsp3) is 0.643. The average molecular weight is 499 g/mol. The Morgan fingerprint density at radius 3 is 2.53 bits per heavy atom. The van der Waals surface area contributed by atoms with Crippen molar-refractivity contribution in [3.8, 4) is 5.69 Å². The van der Waals surface area contributed by atoms with Gasteiger partial charge < -0.3 is 20.0 Å². The maximum Gasteiger partial charge on any atom is 0.318 e. The average Bonchev–Trinajstić information content (AvgIpc) is 3.23. The number of aromatic nitrogens is 2. The lowest BCUT2D eigenvalue weighted by Crippen LogP contribution is -2.49. The first-order valence-corrected chi connectivity index (χ1v) is 13.8. The maximum atomic E-state index is 14.2. The number of nitrogens with zero attached hydrogens (tertiary/aromatic N) is 5. The van der Waals surface area contributed by atoms with Crippen molar-refractivity contribution < 1.29 is 9.18 Å². The Bertz CT molecular complexity index is 1010. The Morgan fingerprint density at radius 2 is 1.89 bits per heavy atom. The van der Waals surface area contributed by atoms with Gasteiger partial charge in [0.15, 0.2) is 0 Å². The third kappa shape index (κ3) is 6.02. The first-order chi connectivity index (χ1) is 17.4. The van der Waals surface area contributed by atoms with Gasteiger partial charge in [0, 0.05) is 43.8 Å². The van der Waals surface area contributed by atoms with E-state index >= 15 is 0 Å². The van der Waals surface area contributed by atoms with Gasteiger partial charge in [-0.25, -0.2) is 13.9 Å². The Labute approximate surface area is 215 Å². The van der Waals surface area contributed by atoms with Crippen molar-refractivity contribution in [2.75, 3.05) is 37.6 Å². The highest BCUT2D eigenvalue weighted by Gasteiger charge is 2.30. The second kappa shape index (κ2) is 12.1. The molecule has 1 atom stereocenters. The van der Waals surface area contributed by atoms with E-state index in [4.69, 9.17) is 5.10 Å². The molecule has 0 radical (unpaired) electrons. The third-order valence-corrected chi connectivity index (χ3v) is 7.97. The zero-order valence-corrected chi connectivity index (χ0v) is 22.5. The summed E-state index contributed by atoms with van der Waals surface area (Å²) in [7, 11) is 0. The topological polar surface area (TPSA) is 56.6 Å². The number of hydrogen-bond acceptors (Lipinski definition) is 4. The van der Waals surface area contributed by atoms with Crippen molar-refractivity contribution in [2.45, 2.75) is 84.8 Å². The number of hydrogen-bond donors (Lipinski definition) is 1. The standard InChI is InChI=1S/C28H43FN6O/c1-5-21(3)34(28(36)30-24-12-8-7-9-13-24)20-26-22(4)31-35(25-14-10-11-23(29)19-25)27(26)33-17-15-32(6-2)16-18-33/h10-11,14,19,21,24H,5-9,12-13,15-18,20H2,1-4H3,(H,30,36)/t21-/m0/s1. The van der Waals surface area contributed by atoms with E-state index in [0.717, 1.165) is 69.1 Å². The van der Waals surface area contributed by atoms with E-state index in [9.17, 15) is 9.18 Å². The predicted molar refractivity (Wildman–Crippen MR) is 143 cm³/mol. The summed E-state index contributed by atoms with van der Waals surface area (Å²) in [5, 5.41) is 8.21. The van der Waals surface area contributed by atoms with Gasteiger partial charge in [0.05, 0.1) is 17.9 Å². The summed E-state index contributed by atoms with van der Waals surface area (Å²) in [5.41, 5.74) is 2.63. The fourth-order valence-electron chi connectivity index (χ4n) is 5.44. The lowest BCUT2D eigenvalue weighted by atomic mass is 9.96. The Hall–Kier alpha value is -2.61. The molecule has 2 fully saturated rings. The van der Waals surface area contributed by atoms with Crippen LogP contribution in [0, 0.1) is 12.7 Å². The quantitative estimate of drug-likeness (QED) is 0.550. The van der Waals surface area contributed by atoms with Crippen molar-refractivity contribution in [1.29, 1.82) is 0 Å². The number of benzene rings is 1. The number of halogens is 1. The molecule has 4 rings (SSSR count). The minimum atomic E-state index is -0.281. The van der Waals surface area contributed by atoms with Crippen LogP contribution >= 0.6 is 0 Å². The summed E-state index contributed by atoms with van der Waals surface area (Å²) in [6, 6.07) is 6.98. The van der Waals surface area contributed by atoms with Crippen molar-refractivity contribution in [2.24, 2.45) is 0 Å². The normalized spacial score (nSPS) is 18.3. The number of urea groups is 1. The lowest BCUT2D eigenvalue weighted by Gasteiger charge is -2.37. The van der Waals surface area contributed by atoms with Crippen LogP contribution in [0.2, 0.25) is 0 Å². The molecule has 2 aliphatic rings. The summed E-state index contributed by atoms with van der Waals surface area (Å²) in [4.78, 5) is 20.3. The van der Waals surface area contributed by atoms with Gasteiger partial charge in [-0.05, 0) is 57.9 Å². The van der Waals surface area contributed by atoms with Gasteiger partial charge in [-0.3, -0.25) is 0 Å². The molecule has 198 valence electrons. The van der Waals surface area contributed by atoms with E-state index in [2.05, 4.69) is 35.9 Å². The van der Waals surface area contributed by atoms with Crippen molar-refractivity contribution >= 4 is 11.8 Å². The van der Waals surface area contributed by atoms with Crippen LogP contribution in [0.1, 0.15) is 70.6 Å². The Morgan fingerprint density at radius 1 is 1.17 bits per heavy atom. The second-order valence-electron chi connectivity index (χ2n) is 10.4. The molecule has 1 N–H and O–H groups in total. The molecule has 8 heteroatoms. The molecule has 2 heterocycles. The van der Waals surface area contributed by atoms with Crippen molar-refractivity contribution in [3.05, 3.63) is 41.3 Å². The van der Waals surface area contributed by atoms with Crippen LogP contribution in [0.25, 0.3) is 5.69 Å². The van der Waals surface area contributed by atoms with Crippen LogP contribution in [-0.4, -0.2) is 70.4 Å². The predicted octanol–water partition coefficient (Wildman–Crippen LogP) is 5.10. The summed E-state index contributed by atoms with van der Waals surface area (Å²) in [5.74, 6) is 0.699. The molecule has 1 aliphatic carbocycles. The zero-order chi connectivity index (χ0) is 25.7. The number of carbonyl (C=O) groups is 1. The van der Waals surface area contributed by atoms with Crippen LogP contribution in [0.5, 0.6) is 0 Å². The number of nitrogens with one attached hydrogen (secondary N) is 1. The molecule has 2 amide bonds. The number of carbonyl (C=O) groups excluding carboxylic acids is 1. The highest BCUT2D eigenvalue weighted by Crippen LogP contribution is 2.31. The number of piperazine rings is 1. The van der Waals surface area contributed by atoms with Gasteiger partial charge in [0.1, 0.15) is 11.6 Å². The molecular formula is C28H43FN6O. The van der Waals surface area contributed by atoms with E-state index in [-0.39, 0.29) is 23.9 Å². The smallest absolute Gasteiger partial charge is 0.318 e. The van der Waals surface area contributed by atoms with E-state index < -0.39 is 0 Å². The van der Waals surface area contributed by atoms with E-state index in [0.29, 0.717) is 12.2 Å². The van der Waals surface area contributed by atoms with Crippen molar-refractivity contribution in [1.82, 2.24) is 24.9 Å². The summed E-state index contributed by atoms with van der Waals surface area (Å²) >= 11 is 0. The number of aryl methyl sites for hydroxylation is 1. The van der Waals surface area contributed by atoms with E-state index in [1.165, 1.54) is 31.4 Å². The molecule has 1 aromatic carbocycles.